The van der Waals surface area contributed by atoms with Crippen molar-refractivity contribution < 1.29 is 19.4 Å². The summed E-state index contributed by atoms with van der Waals surface area (Å²) in [6, 6.07) is 5.00. The number of urea groups is 1. The summed E-state index contributed by atoms with van der Waals surface area (Å²) in [7, 11) is 1.60. The number of nitrogens with one attached hydrogen (secondary N) is 2. The van der Waals surface area contributed by atoms with Gasteiger partial charge in [-0.2, -0.15) is 0 Å². The first kappa shape index (κ1) is 15.2. The minimum atomic E-state index is -0.787. The molecule has 2 rings (SSSR count). The fourth-order valence-corrected chi connectivity index (χ4v) is 2.65. The third kappa shape index (κ3) is 3.87. The van der Waals surface area contributed by atoms with Gasteiger partial charge in [0, 0.05) is 11.7 Å². The van der Waals surface area contributed by atoms with E-state index in [1.54, 1.807) is 19.2 Å². The van der Waals surface area contributed by atoms with Crippen molar-refractivity contribution in [1.82, 2.24) is 5.32 Å². The van der Waals surface area contributed by atoms with E-state index in [1.807, 2.05) is 13.0 Å². The van der Waals surface area contributed by atoms with Crippen LogP contribution in [0.1, 0.15) is 24.8 Å². The molecule has 0 aromatic heterocycles. The molecule has 2 unspecified atom stereocenters. The first-order chi connectivity index (χ1) is 9.99. The van der Waals surface area contributed by atoms with Gasteiger partial charge in [-0.3, -0.25) is 4.79 Å². The van der Waals surface area contributed by atoms with Gasteiger partial charge in [-0.25, -0.2) is 4.79 Å². The summed E-state index contributed by atoms with van der Waals surface area (Å²) in [5, 5.41) is 14.5. The number of methoxy groups -OCH3 is 1. The van der Waals surface area contributed by atoms with Gasteiger partial charge in [-0.15, -0.1) is 0 Å². The highest BCUT2D eigenvalue weighted by molar-refractivity contribution is 5.89. The Labute approximate surface area is 123 Å². The molecule has 1 aliphatic carbocycles. The number of ether oxygens (including phenoxy) is 1. The smallest absolute Gasteiger partial charge is 0.319 e. The predicted octanol–water partition coefficient (Wildman–Crippen LogP) is 2.38. The molecule has 114 valence electrons. The number of anilines is 1. The molecule has 2 amide bonds. The van der Waals surface area contributed by atoms with E-state index in [9.17, 15) is 9.59 Å². The molecule has 1 aromatic carbocycles. The Kier molecular flexibility index (Phi) is 4.67. The molecule has 6 heteroatoms. The van der Waals surface area contributed by atoms with Crippen LogP contribution in [0.2, 0.25) is 0 Å². The average Bonchev–Trinajstić information content (AvgIpc) is 2.87. The molecule has 2 atom stereocenters. The van der Waals surface area contributed by atoms with Crippen LogP contribution in [0.25, 0.3) is 0 Å². The highest BCUT2D eigenvalue weighted by Crippen LogP contribution is 2.26. The molecule has 0 radical (unpaired) electrons. The summed E-state index contributed by atoms with van der Waals surface area (Å²) in [6.45, 7) is 1.90. The third-order valence-corrected chi connectivity index (χ3v) is 3.77. The Bertz CT molecular complexity index is 544. The van der Waals surface area contributed by atoms with Crippen LogP contribution in [0.5, 0.6) is 5.75 Å². The zero-order chi connectivity index (χ0) is 15.4. The molecule has 1 fully saturated rings. The van der Waals surface area contributed by atoms with Crippen LogP contribution in [-0.2, 0) is 4.79 Å². The molecule has 0 aliphatic heterocycles. The molecular formula is C15H20N2O4. The highest BCUT2D eigenvalue weighted by atomic mass is 16.5. The fourth-order valence-electron chi connectivity index (χ4n) is 2.65. The summed E-state index contributed by atoms with van der Waals surface area (Å²) in [5.41, 5.74) is 1.61. The highest BCUT2D eigenvalue weighted by Gasteiger charge is 2.30. The maximum Gasteiger partial charge on any atom is 0.319 e. The van der Waals surface area contributed by atoms with Crippen molar-refractivity contribution in [1.29, 1.82) is 0 Å². The van der Waals surface area contributed by atoms with Gasteiger partial charge in [-0.05, 0) is 49.9 Å². The van der Waals surface area contributed by atoms with E-state index in [0.717, 1.165) is 11.3 Å². The van der Waals surface area contributed by atoms with Gasteiger partial charge in [0.1, 0.15) is 5.75 Å². The first-order valence-electron chi connectivity index (χ1n) is 6.94. The Morgan fingerprint density at radius 2 is 2.10 bits per heavy atom. The van der Waals surface area contributed by atoms with Gasteiger partial charge < -0.3 is 20.5 Å². The van der Waals surface area contributed by atoms with Crippen LogP contribution in [0.4, 0.5) is 10.5 Å². The SMILES string of the molecule is COc1ccc(NC(=O)NC2CCC(C(=O)O)C2)cc1C. The van der Waals surface area contributed by atoms with E-state index in [1.165, 1.54) is 0 Å². The van der Waals surface area contributed by atoms with E-state index in [-0.39, 0.29) is 18.0 Å². The average molecular weight is 292 g/mol. The topological polar surface area (TPSA) is 87.7 Å². The molecule has 1 aromatic rings. The second kappa shape index (κ2) is 6.47. The number of aliphatic carboxylic acids is 1. The van der Waals surface area contributed by atoms with Crippen LogP contribution in [0.3, 0.4) is 0 Å². The number of amides is 2. The molecule has 6 nitrogen and oxygen atoms in total. The maximum absolute atomic E-state index is 11.9. The molecule has 1 aliphatic rings. The van der Waals surface area contributed by atoms with E-state index in [2.05, 4.69) is 10.6 Å². The number of rotatable bonds is 4. The second-order valence-corrected chi connectivity index (χ2v) is 5.33. The molecule has 1 saturated carbocycles. The Balaban J connectivity index is 1.88. The van der Waals surface area contributed by atoms with Crippen LogP contribution in [0.15, 0.2) is 18.2 Å². The van der Waals surface area contributed by atoms with E-state index < -0.39 is 5.97 Å². The van der Waals surface area contributed by atoms with E-state index in [0.29, 0.717) is 24.9 Å². The number of carboxylic acid groups (broad SMARTS) is 1. The van der Waals surface area contributed by atoms with Crippen molar-refractivity contribution in [2.45, 2.75) is 32.2 Å². The Morgan fingerprint density at radius 1 is 1.33 bits per heavy atom. The number of carbonyl (C=O) groups is 2. The molecule has 0 heterocycles. The monoisotopic (exact) mass is 292 g/mol. The molecule has 0 saturated heterocycles. The van der Waals surface area contributed by atoms with Gasteiger partial charge >= 0.3 is 12.0 Å². The summed E-state index contributed by atoms with van der Waals surface area (Å²) in [5.74, 6) is -0.370. The number of benzene rings is 1. The second-order valence-electron chi connectivity index (χ2n) is 5.33. The zero-order valence-corrected chi connectivity index (χ0v) is 12.2. The summed E-state index contributed by atoms with van der Waals surface area (Å²) < 4.78 is 5.16. The third-order valence-electron chi connectivity index (χ3n) is 3.77. The minimum Gasteiger partial charge on any atom is -0.496 e. The van der Waals surface area contributed by atoms with Gasteiger partial charge in [0.25, 0.3) is 0 Å². The largest absolute Gasteiger partial charge is 0.496 e. The van der Waals surface area contributed by atoms with Crippen LogP contribution in [-0.4, -0.2) is 30.3 Å². The van der Waals surface area contributed by atoms with Crippen molar-refractivity contribution in [3.05, 3.63) is 23.8 Å². The summed E-state index contributed by atoms with van der Waals surface area (Å²) >= 11 is 0. The van der Waals surface area contributed by atoms with Crippen LogP contribution < -0.4 is 15.4 Å². The zero-order valence-electron chi connectivity index (χ0n) is 12.2. The van der Waals surface area contributed by atoms with Crippen LogP contribution >= 0.6 is 0 Å². The number of aryl methyl sites for hydroxylation is 1. The lowest BCUT2D eigenvalue weighted by Crippen LogP contribution is -2.36. The van der Waals surface area contributed by atoms with E-state index in [4.69, 9.17) is 9.84 Å². The Hall–Kier alpha value is -2.24. The van der Waals surface area contributed by atoms with Gasteiger partial charge in [0.2, 0.25) is 0 Å². The summed E-state index contributed by atoms with van der Waals surface area (Å²) in [4.78, 5) is 22.8. The van der Waals surface area contributed by atoms with Crippen LogP contribution in [0, 0.1) is 12.8 Å². The number of carbonyl (C=O) groups excluding carboxylic acids is 1. The minimum absolute atomic E-state index is 0.0783. The molecule has 21 heavy (non-hydrogen) atoms. The number of hydrogen-bond donors (Lipinski definition) is 3. The fraction of sp³-hybridized carbons (Fsp3) is 0.467. The maximum atomic E-state index is 11.9. The van der Waals surface area contributed by atoms with Gasteiger partial charge in [-0.1, -0.05) is 0 Å². The molecular weight excluding hydrogens is 272 g/mol. The predicted molar refractivity (Wildman–Crippen MR) is 78.7 cm³/mol. The van der Waals surface area contributed by atoms with Crippen molar-refractivity contribution in [3.63, 3.8) is 0 Å². The molecule has 0 bridgehead atoms. The molecule has 0 spiro atoms. The lowest BCUT2D eigenvalue weighted by atomic mass is 10.1. The lowest BCUT2D eigenvalue weighted by Gasteiger charge is -2.14. The van der Waals surface area contributed by atoms with E-state index >= 15 is 0 Å². The normalized spacial score (nSPS) is 20.9. The number of carboxylic acids is 1. The van der Waals surface area contributed by atoms with Crippen molar-refractivity contribution in [2.75, 3.05) is 12.4 Å². The lowest BCUT2D eigenvalue weighted by molar-refractivity contribution is -0.141. The summed E-state index contributed by atoms with van der Waals surface area (Å²) in [6.07, 6.45) is 1.80. The van der Waals surface area contributed by atoms with Crippen molar-refractivity contribution >= 4 is 17.7 Å². The number of hydrogen-bond acceptors (Lipinski definition) is 3. The quantitative estimate of drug-likeness (QED) is 0.795. The van der Waals surface area contributed by atoms with Gasteiger partial charge in [0.05, 0.1) is 13.0 Å². The Morgan fingerprint density at radius 3 is 2.67 bits per heavy atom. The van der Waals surface area contributed by atoms with Crippen molar-refractivity contribution in [2.24, 2.45) is 5.92 Å². The van der Waals surface area contributed by atoms with Gasteiger partial charge in [0.15, 0.2) is 0 Å². The standard InChI is InChI=1S/C15H20N2O4/c1-9-7-11(5-6-13(9)21-2)16-15(20)17-12-4-3-10(8-12)14(18)19/h5-7,10,12H,3-4,8H2,1-2H3,(H,18,19)(H2,16,17,20). The molecule has 3 N–H and O–H groups in total. The first-order valence-corrected chi connectivity index (χ1v) is 6.94. The van der Waals surface area contributed by atoms with Crippen molar-refractivity contribution in [3.8, 4) is 5.75 Å².